The number of hydrogen-bond donors (Lipinski definition) is 3. The highest BCUT2D eigenvalue weighted by Gasteiger charge is 2.19. The molecule has 4 aromatic carbocycles. The van der Waals surface area contributed by atoms with Gasteiger partial charge in [-0.15, -0.1) is 0 Å². The number of ether oxygens (including phenoxy) is 1. The molecule has 4 rings (SSSR count). The molecule has 8 heteroatoms. The quantitative estimate of drug-likeness (QED) is 0.174. The Hall–Kier alpha value is -4.49. The SMILES string of the molecule is CC(C)c1cccc(C(C)C)c1NC(=O)NCCN(C(=O)Nc1ccc(Cl)cc1)c1ccc(Oc2ccccc2)cc1. The van der Waals surface area contributed by atoms with Gasteiger partial charge in [0.2, 0.25) is 0 Å². The maximum Gasteiger partial charge on any atom is 0.326 e. The van der Waals surface area contributed by atoms with E-state index in [-0.39, 0.29) is 37.0 Å². The van der Waals surface area contributed by atoms with Gasteiger partial charge in [0.15, 0.2) is 0 Å². The zero-order valence-corrected chi connectivity index (χ0v) is 25.1. The molecule has 0 aliphatic carbocycles. The normalized spacial score (nSPS) is 10.8. The van der Waals surface area contributed by atoms with Gasteiger partial charge < -0.3 is 20.7 Å². The van der Waals surface area contributed by atoms with E-state index >= 15 is 0 Å². The second-order valence-corrected chi connectivity index (χ2v) is 10.9. The first-order valence-electron chi connectivity index (χ1n) is 14.1. The average molecular weight is 585 g/mol. The summed E-state index contributed by atoms with van der Waals surface area (Å²) in [5.74, 6) is 1.86. The number of carbonyl (C=O) groups is 2. The number of carbonyl (C=O) groups excluding carboxylic acids is 2. The molecule has 0 aromatic heterocycles. The summed E-state index contributed by atoms with van der Waals surface area (Å²) in [6.45, 7) is 8.88. The molecule has 4 amide bonds. The molecule has 0 heterocycles. The average Bonchev–Trinajstić information content (AvgIpc) is 2.97. The third-order valence-corrected chi connectivity index (χ3v) is 6.95. The van der Waals surface area contributed by atoms with Crippen molar-refractivity contribution in [2.24, 2.45) is 0 Å². The molecule has 4 aromatic rings. The molecule has 0 fully saturated rings. The summed E-state index contributed by atoms with van der Waals surface area (Å²) in [6.07, 6.45) is 0. The van der Waals surface area contributed by atoms with E-state index in [1.54, 1.807) is 41.3 Å². The summed E-state index contributed by atoms with van der Waals surface area (Å²) in [5, 5.41) is 9.47. The van der Waals surface area contributed by atoms with Crippen molar-refractivity contribution in [2.75, 3.05) is 28.6 Å². The van der Waals surface area contributed by atoms with Crippen LogP contribution in [0.15, 0.2) is 97.1 Å². The number of para-hydroxylation sites is 2. The largest absolute Gasteiger partial charge is 0.457 e. The van der Waals surface area contributed by atoms with Crippen molar-refractivity contribution in [3.63, 3.8) is 0 Å². The maximum absolute atomic E-state index is 13.4. The van der Waals surface area contributed by atoms with Gasteiger partial charge in [0.25, 0.3) is 0 Å². The minimum absolute atomic E-state index is 0.225. The Morgan fingerprint density at radius 2 is 1.33 bits per heavy atom. The Morgan fingerprint density at radius 1 is 0.738 bits per heavy atom. The number of rotatable bonds is 10. The van der Waals surface area contributed by atoms with Gasteiger partial charge in [-0.25, -0.2) is 9.59 Å². The summed E-state index contributed by atoms with van der Waals surface area (Å²) < 4.78 is 5.91. The van der Waals surface area contributed by atoms with Gasteiger partial charge in [-0.2, -0.15) is 0 Å². The molecule has 218 valence electrons. The molecule has 0 bridgehead atoms. The van der Waals surface area contributed by atoms with Crippen LogP contribution in [0.1, 0.15) is 50.7 Å². The molecule has 7 nitrogen and oxygen atoms in total. The monoisotopic (exact) mass is 584 g/mol. The fourth-order valence-corrected chi connectivity index (χ4v) is 4.65. The molecule has 0 unspecified atom stereocenters. The summed E-state index contributed by atoms with van der Waals surface area (Å²) in [6, 6.07) is 29.1. The van der Waals surface area contributed by atoms with Gasteiger partial charge in [-0.1, -0.05) is 75.7 Å². The summed E-state index contributed by atoms with van der Waals surface area (Å²) >= 11 is 6.01. The smallest absolute Gasteiger partial charge is 0.326 e. The maximum atomic E-state index is 13.4. The number of nitrogens with one attached hydrogen (secondary N) is 3. The predicted molar refractivity (Wildman–Crippen MR) is 172 cm³/mol. The molecule has 42 heavy (non-hydrogen) atoms. The number of benzene rings is 4. The Morgan fingerprint density at radius 3 is 1.93 bits per heavy atom. The third kappa shape index (κ3) is 8.27. The van der Waals surface area contributed by atoms with Crippen LogP contribution in [0.3, 0.4) is 0 Å². The summed E-state index contributed by atoms with van der Waals surface area (Å²) in [7, 11) is 0. The van der Waals surface area contributed by atoms with Gasteiger partial charge in [-0.3, -0.25) is 4.90 Å². The van der Waals surface area contributed by atoms with Crippen molar-refractivity contribution in [1.82, 2.24) is 5.32 Å². The Kier molecular flexibility index (Phi) is 10.5. The molecule has 0 spiro atoms. The lowest BCUT2D eigenvalue weighted by Crippen LogP contribution is -2.42. The van der Waals surface area contributed by atoms with Crippen molar-refractivity contribution in [3.05, 3.63) is 113 Å². The number of halogens is 1. The Labute approximate surface area is 252 Å². The van der Waals surface area contributed by atoms with Gasteiger partial charge >= 0.3 is 12.1 Å². The van der Waals surface area contributed by atoms with Crippen LogP contribution in [0.5, 0.6) is 11.5 Å². The standard InChI is InChI=1S/C34H37ClN4O3/c1-23(2)30-11-8-12-31(24(3)4)32(30)38-33(40)36-21-22-39(34(41)37-26-15-13-25(35)14-16-26)27-17-19-29(20-18-27)42-28-9-6-5-7-10-28/h5-20,23-24H,21-22H2,1-4H3,(H,37,41)(H2,36,38,40). The van der Waals surface area contributed by atoms with Crippen LogP contribution in [-0.2, 0) is 0 Å². The second kappa shape index (κ2) is 14.4. The zero-order chi connectivity index (χ0) is 30.1. The van der Waals surface area contributed by atoms with E-state index in [1.165, 1.54) is 0 Å². The molecular formula is C34H37ClN4O3. The minimum atomic E-state index is -0.344. The molecule has 0 atom stereocenters. The van der Waals surface area contributed by atoms with E-state index in [9.17, 15) is 9.59 Å². The van der Waals surface area contributed by atoms with Gasteiger partial charge in [-0.05, 0) is 83.6 Å². The fraction of sp³-hybridized carbons (Fsp3) is 0.235. The minimum Gasteiger partial charge on any atom is -0.457 e. The van der Waals surface area contributed by atoms with E-state index < -0.39 is 0 Å². The number of nitrogens with zero attached hydrogens (tertiary/aromatic N) is 1. The van der Waals surface area contributed by atoms with Gasteiger partial charge in [0, 0.05) is 35.2 Å². The highest BCUT2D eigenvalue weighted by atomic mass is 35.5. The van der Waals surface area contributed by atoms with Crippen LogP contribution >= 0.6 is 11.6 Å². The number of hydrogen-bond acceptors (Lipinski definition) is 3. The first kappa shape index (κ1) is 30.5. The van der Waals surface area contributed by atoms with Crippen molar-refractivity contribution >= 4 is 40.7 Å². The lowest BCUT2D eigenvalue weighted by molar-refractivity contribution is 0.250. The third-order valence-electron chi connectivity index (χ3n) is 6.70. The van der Waals surface area contributed by atoms with Crippen LogP contribution in [-0.4, -0.2) is 25.2 Å². The van der Waals surface area contributed by atoms with E-state index in [4.69, 9.17) is 16.3 Å². The second-order valence-electron chi connectivity index (χ2n) is 10.5. The van der Waals surface area contributed by atoms with E-state index in [0.717, 1.165) is 22.6 Å². The topological polar surface area (TPSA) is 82.7 Å². The first-order valence-corrected chi connectivity index (χ1v) is 14.4. The highest BCUT2D eigenvalue weighted by Crippen LogP contribution is 2.32. The number of urea groups is 2. The van der Waals surface area contributed by atoms with Crippen molar-refractivity contribution in [1.29, 1.82) is 0 Å². The highest BCUT2D eigenvalue weighted by molar-refractivity contribution is 6.30. The summed E-state index contributed by atoms with van der Waals surface area (Å²) in [4.78, 5) is 28.0. The predicted octanol–water partition coefficient (Wildman–Crippen LogP) is 9.24. The first-order chi connectivity index (χ1) is 20.2. The van der Waals surface area contributed by atoms with Crippen LogP contribution in [0.25, 0.3) is 0 Å². The van der Waals surface area contributed by atoms with E-state index in [2.05, 4.69) is 43.6 Å². The van der Waals surface area contributed by atoms with Crippen LogP contribution in [0.4, 0.5) is 26.7 Å². The Balaban J connectivity index is 1.47. The summed E-state index contributed by atoms with van der Waals surface area (Å²) in [5.41, 5.74) is 4.26. The van der Waals surface area contributed by atoms with Crippen LogP contribution in [0.2, 0.25) is 5.02 Å². The lowest BCUT2D eigenvalue weighted by atomic mass is 9.93. The van der Waals surface area contributed by atoms with Crippen LogP contribution in [0, 0.1) is 0 Å². The zero-order valence-electron chi connectivity index (χ0n) is 24.4. The molecule has 0 aliphatic heterocycles. The van der Waals surface area contributed by atoms with E-state index in [0.29, 0.717) is 22.1 Å². The van der Waals surface area contributed by atoms with Crippen LogP contribution < -0.4 is 25.6 Å². The Bertz CT molecular complexity index is 1450. The van der Waals surface area contributed by atoms with Gasteiger partial charge in [0.1, 0.15) is 11.5 Å². The molecule has 3 N–H and O–H groups in total. The molecule has 0 aliphatic rings. The van der Waals surface area contributed by atoms with Crippen molar-refractivity contribution in [2.45, 2.75) is 39.5 Å². The molecule has 0 saturated carbocycles. The van der Waals surface area contributed by atoms with Crippen molar-refractivity contribution < 1.29 is 14.3 Å². The van der Waals surface area contributed by atoms with Gasteiger partial charge in [0.05, 0.1) is 0 Å². The molecule has 0 radical (unpaired) electrons. The fourth-order valence-electron chi connectivity index (χ4n) is 4.53. The number of amides is 4. The van der Waals surface area contributed by atoms with Crippen molar-refractivity contribution in [3.8, 4) is 11.5 Å². The number of anilines is 3. The molecule has 0 saturated heterocycles. The molecular weight excluding hydrogens is 548 g/mol. The van der Waals surface area contributed by atoms with E-state index in [1.807, 2.05) is 60.7 Å². The lowest BCUT2D eigenvalue weighted by Gasteiger charge is -2.24.